The van der Waals surface area contributed by atoms with Gasteiger partial charge in [0.25, 0.3) is 0 Å². The molecule has 0 aromatic heterocycles. The second kappa shape index (κ2) is 8.70. The average molecular weight is 475 g/mol. The number of carboxylic acids is 1. The van der Waals surface area contributed by atoms with Crippen molar-refractivity contribution in [1.82, 2.24) is 10.2 Å². The van der Waals surface area contributed by atoms with Gasteiger partial charge in [0.1, 0.15) is 12.6 Å². The van der Waals surface area contributed by atoms with Crippen LogP contribution in [0.3, 0.4) is 0 Å². The first-order valence-electron chi connectivity index (χ1n) is 12.6. The van der Waals surface area contributed by atoms with E-state index in [0.29, 0.717) is 31.8 Å². The van der Waals surface area contributed by atoms with Crippen molar-refractivity contribution in [3.8, 4) is 11.1 Å². The number of hydrogen-bond acceptors (Lipinski definition) is 4. The number of ether oxygens (including phenoxy) is 1. The molecule has 4 aliphatic rings. The summed E-state index contributed by atoms with van der Waals surface area (Å²) in [5, 5.41) is 12.2. The van der Waals surface area contributed by atoms with E-state index in [2.05, 4.69) is 29.6 Å². The van der Waals surface area contributed by atoms with Crippen LogP contribution in [0.1, 0.15) is 42.7 Å². The summed E-state index contributed by atoms with van der Waals surface area (Å²) in [4.78, 5) is 39.3. The number of carbonyl (C=O) groups is 3. The summed E-state index contributed by atoms with van der Waals surface area (Å²) < 4.78 is 5.69. The smallest absolute Gasteiger partial charge is 0.407 e. The van der Waals surface area contributed by atoms with E-state index in [1.54, 1.807) is 4.90 Å². The number of carbonyl (C=O) groups excluding carboxylic acids is 2. The Kier molecular flexibility index (Phi) is 5.50. The van der Waals surface area contributed by atoms with Gasteiger partial charge in [-0.25, -0.2) is 4.79 Å². The Bertz CT molecular complexity index is 1130. The Morgan fingerprint density at radius 1 is 0.971 bits per heavy atom. The maximum atomic E-state index is 13.3. The summed E-state index contributed by atoms with van der Waals surface area (Å²) >= 11 is 0. The van der Waals surface area contributed by atoms with Crippen LogP contribution in [-0.2, 0) is 14.3 Å². The van der Waals surface area contributed by atoms with Gasteiger partial charge in [0.15, 0.2) is 0 Å². The van der Waals surface area contributed by atoms with Gasteiger partial charge in [0.05, 0.1) is 5.92 Å². The Balaban J connectivity index is 1.10. The van der Waals surface area contributed by atoms with Gasteiger partial charge in [-0.15, -0.1) is 0 Å². The second-order valence-electron chi connectivity index (χ2n) is 10.5. The Hall–Kier alpha value is -3.35. The van der Waals surface area contributed by atoms with Crippen LogP contribution in [0.4, 0.5) is 4.79 Å². The molecule has 4 unspecified atom stereocenters. The molecule has 2 amide bonds. The van der Waals surface area contributed by atoms with Gasteiger partial charge in [-0.2, -0.15) is 0 Å². The summed E-state index contributed by atoms with van der Waals surface area (Å²) in [7, 11) is 0. The molecule has 1 heterocycles. The minimum Gasteiger partial charge on any atom is -0.481 e. The third-order valence-corrected chi connectivity index (χ3v) is 8.29. The van der Waals surface area contributed by atoms with Crippen molar-refractivity contribution in [1.29, 1.82) is 0 Å². The molecule has 182 valence electrons. The summed E-state index contributed by atoms with van der Waals surface area (Å²) in [6.07, 6.45) is 2.89. The Morgan fingerprint density at radius 2 is 1.63 bits per heavy atom. The molecule has 2 aromatic rings. The number of likely N-dealkylation sites (tertiary alicyclic amines) is 1. The molecule has 1 saturated heterocycles. The SMILES string of the molecule is O=C(NC(CC1CC1)C(=O)N1CCC2C(C1)C2C(=O)O)OCC1c2ccccc2-c2ccccc21. The maximum absolute atomic E-state index is 13.3. The summed E-state index contributed by atoms with van der Waals surface area (Å²) in [5.41, 5.74) is 4.63. The zero-order valence-electron chi connectivity index (χ0n) is 19.6. The topological polar surface area (TPSA) is 95.9 Å². The third kappa shape index (κ3) is 4.17. The van der Waals surface area contributed by atoms with Crippen LogP contribution in [0.5, 0.6) is 0 Å². The number of aliphatic carboxylic acids is 1. The lowest BCUT2D eigenvalue weighted by Crippen LogP contribution is -2.50. The number of benzene rings is 2. The zero-order valence-corrected chi connectivity index (χ0v) is 19.6. The molecule has 4 atom stereocenters. The van der Waals surface area contributed by atoms with Gasteiger partial charge < -0.3 is 20.1 Å². The van der Waals surface area contributed by atoms with Crippen LogP contribution in [0.25, 0.3) is 11.1 Å². The first-order chi connectivity index (χ1) is 17.0. The molecule has 2 aromatic carbocycles. The highest BCUT2D eigenvalue weighted by Gasteiger charge is 2.57. The van der Waals surface area contributed by atoms with Crippen molar-refractivity contribution in [3.63, 3.8) is 0 Å². The molecule has 3 fully saturated rings. The number of nitrogens with one attached hydrogen (secondary N) is 1. The standard InChI is InChI=1S/C28H30N2O5/c31-26(30-12-11-21-22(14-30)25(21)27(32)33)24(13-16-9-10-16)29-28(34)35-15-23-19-7-3-1-5-17(19)18-6-2-4-8-20(18)23/h1-8,16,21-25H,9-15H2,(H,29,34)(H,32,33). The molecule has 0 spiro atoms. The molecule has 0 bridgehead atoms. The lowest BCUT2D eigenvalue weighted by atomic mass is 9.98. The van der Waals surface area contributed by atoms with Gasteiger partial charge in [0, 0.05) is 19.0 Å². The zero-order chi connectivity index (χ0) is 24.1. The fourth-order valence-corrected chi connectivity index (χ4v) is 6.22. The van der Waals surface area contributed by atoms with E-state index < -0.39 is 18.1 Å². The van der Waals surface area contributed by atoms with E-state index in [1.165, 1.54) is 11.1 Å². The minimum absolute atomic E-state index is 0.0346. The van der Waals surface area contributed by atoms with E-state index in [0.717, 1.165) is 24.0 Å². The predicted molar refractivity (Wildman–Crippen MR) is 129 cm³/mol. The van der Waals surface area contributed by atoms with Crippen molar-refractivity contribution in [2.45, 2.75) is 37.6 Å². The normalized spacial score (nSPS) is 25.1. The van der Waals surface area contributed by atoms with Crippen LogP contribution < -0.4 is 5.32 Å². The quantitative estimate of drug-likeness (QED) is 0.635. The van der Waals surface area contributed by atoms with Crippen molar-refractivity contribution in [2.75, 3.05) is 19.7 Å². The number of fused-ring (bicyclic) bond motifs is 4. The average Bonchev–Trinajstić information content (AvgIpc) is 3.78. The number of piperidine rings is 1. The molecule has 6 rings (SSSR count). The van der Waals surface area contributed by atoms with E-state index in [4.69, 9.17) is 4.74 Å². The van der Waals surface area contributed by atoms with Crippen LogP contribution in [0.15, 0.2) is 48.5 Å². The molecular formula is C28H30N2O5. The fourth-order valence-electron chi connectivity index (χ4n) is 6.22. The second-order valence-corrected chi connectivity index (χ2v) is 10.5. The number of amides is 2. The Morgan fingerprint density at radius 3 is 2.26 bits per heavy atom. The maximum Gasteiger partial charge on any atom is 0.407 e. The predicted octanol–water partition coefficient (Wildman–Crippen LogP) is 3.87. The number of carboxylic acid groups (broad SMARTS) is 1. The summed E-state index contributed by atoms with van der Waals surface area (Å²) in [6.45, 7) is 1.23. The summed E-state index contributed by atoms with van der Waals surface area (Å²) in [5.74, 6) is -0.560. The molecule has 3 aliphatic carbocycles. The van der Waals surface area contributed by atoms with E-state index in [-0.39, 0.29) is 36.2 Å². The largest absolute Gasteiger partial charge is 0.481 e. The van der Waals surface area contributed by atoms with Gasteiger partial charge in [0.2, 0.25) is 5.91 Å². The lowest BCUT2D eigenvalue weighted by Gasteiger charge is -2.30. The van der Waals surface area contributed by atoms with Crippen molar-refractivity contribution in [2.24, 2.45) is 23.7 Å². The van der Waals surface area contributed by atoms with Crippen LogP contribution in [-0.4, -0.2) is 53.7 Å². The third-order valence-electron chi connectivity index (χ3n) is 8.29. The van der Waals surface area contributed by atoms with Crippen molar-refractivity contribution < 1.29 is 24.2 Å². The van der Waals surface area contributed by atoms with Gasteiger partial charge >= 0.3 is 12.1 Å². The van der Waals surface area contributed by atoms with Crippen molar-refractivity contribution in [3.05, 3.63) is 59.7 Å². The highest BCUT2D eigenvalue weighted by atomic mass is 16.5. The number of alkyl carbamates (subject to hydrolysis) is 1. The van der Waals surface area contributed by atoms with E-state index in [1.807, 2.05) is 24.3 Å². The molecule has 0 radical (unpaired) electrons. The van der Waals surface area contributed by atoms with Gasteiger partial charge in [-0.1, -0.05) is 61.4 Å². The molecule has 7 nitrogen and oxygen atoms in total. The van der Waals surface area contributed by atoms with Crippen LogP contribution in [0, 0.1) is 23.7 Å². The van der Waals surface area contributed by atoms with Crippen LogP contribution in [0.2, 0.25) is 0 Å². The minimum atomic E-state index is -0.763. The van der Waals surface area contributed by atoms with Gasteiger partial charge in [-0.3, -0.25) is 9.59 Å². The molecule has 35 heavy (non-hydrogen) atoms. The fraction of sp³-hybridized carbons (Fsp3) is 0.464. The number of nitrogens with zero attached hydrogens (tertiary/aromatic N) is 1. The monoisotopic (exact) mass is 474 g/mol. The first kappa shape index (κ1) is 22.1. The number of hydrogen-bond donors (Lipinski definition) is 2. The highest BCUT2D eigenvalue weighted by Crippen LogP contribution is 2.52. The van der Waals surface area contributed by atoms with E-state index in [9.17, 15) is 19.5 Å². The van der Waals surface area contributed by atoms with Crippen molar-refractivity contribution >= 4 is 18.0 Å². The van der Waals surface area contributed by atoms with Crippen LogP contribution >= 0.6 is 0 Å². The molecule has 7 heteroatoms. The number of rotatable bonds is 7. The Labute approximate surface area is 204 Å². The molecule has 2 saturated carbocycles. The summed E-state index contributed by atoms with van der Waals surface area (Å²) in [6, 6.07) is 15.7. The molecular weight excluding hydrogens is 444 g/mol. The lowest BCUT2D eigenvalue weighted by molar-refractivity contribution is -0.139. The molecule has 1 aliphatic heterocycles. The van der Waals surface area contributed by atoms with E-state index >= 15 is 0 Å². The molecule has 2 N–H and O–H groups in total. The first-order valence-corrected chi connectivity index (χ1v) is 12.6. The van der Waals surface area contributed by atoms with Gasteiger partial charge in [-0.05, 0) is 52.8 Å². The highest BCUT2D eigenvalue weighted by molar-refractivity contribution is 5.86.